The molecule has 0 bridgehead atoms. The van der Waals surface area contributed by atoms with Gasteiger partial charge in [-0.15, -0.1) is 0 Å². The van der Waals surface area contributed by atoms with Crippen molar-refractivity contribution in [1.82, 2.24) is 4.90 Å². The molecular weight excluding hydrogens is 346 g/mol. The summed E-state index contributed by atoms with van der Waals surface area (Å²) >= 11 is 0. The van der Waals surface area contributed by atoms with Gasteiger partial charge < -0.3 is 23.5 Å². The zero-order valence-electron chi connectivity index (χ0n) is 15.8. The fraction of sp³-hybridized carbons (Fsp3) is 0.381. The van der Waals surface area contributed by atoms with Crippen LogP contribution < -0.4 is 14.2 Å². The third-order valence-corrected chi connectivity index (χ3v) is 5.29. The molecule has 0 aliphatic carbocycles. The molecule has 0 saturated carbocycles. The molecule has 2 aromatic rings. The van der Waals surface area contributed by atoms with Gasteiger partial charge in [0.25, 0.3) is 0 Å². The monoisotopic (exact) mass is 369 g/mol. The van der Waals surface area contributed by atoms with Crippen LogP contribution >= 0.6 is 0 Å². The molecule has 6 nitrogen and oxygen atoms in total. The van der Waals surface area contributed by atoms with Crippen molar-refractivity contribution in [3.63, 3.8) is 0 Å². The second kappa shape index (κ2) is 7.12. The average molecular weight is 369 g/mol. The number of nitrogens with zero attached hydrogens (tertiary/aromatic N) is 1. The van der Waals surface area contributed by atoms with Gasteiger partial charge >= 0.3 is 0 Å². The molecule has 0 unspecified atom stereocenters. The fourth-order valence-corrected chi connectivity index (χ4v) is 3.84. The van der Waals surface area contributed by atoms with Crippen LogP contribution in [0.25, 0.3) is 6.08 Å². The molecule has 27 heavy (non-hydrogen) atoms. The van der Waals surface area contributed by atoms with Crippen LogP contribution in [0.4, 0.5) is 0 Å². The van der Waals surface area contributed by atoms with E-state index in [1.54, 1.807) is 44.8 Å². The number of allylic oxidation sites excluding steroid dienone is 1. The normalized spacial score (nSPS) is 19.2. The minimum absolute atomic E-state index is 0.199. The number of carbonyl (C=O) groups excluding carboxylic acids is 1. The van der Waals surface area contributed by atoms with Crippen molar-refractivity contribution in [1.29, 1.82) is 0 Å². The van der Waals surface area contributed by atoms with Crippen LogP contribution in [0.3, 0.4) is 0 Å². The van der Waals surface area contributed by atoms with E-state index < -0.39 is 0 Å². The fourth-order valence-electron chi connectivity index (χ4n) is 3.84. The number of ether oxygens (including phenoxy) is 3. The summed E-state index contributed by atoms with van der Waals surface area (Å²) in [5.41, 5.74) is 1.42. The Bertz CT molecular complexity index is 876. The maximum atomic E-state index is 13.0. The SMILES string of the molecule is COc1cc(OC)c(C2CCN(C)CC2)c2c1C(=O)/C(=C/c1ccco1)O2. The van der Waals surface area contributed by atoms with Crippen molar-refractivity contribution in [2.75, 3.05) is 34.4 Å². The molecule has 1 aromatic heterocycles. The van der Waals surface area contributed by atoms with Crippen LogP contribution in [0.1, 0.15) is 40.4 Å². The van der Waals surface area contributed by atoms with Gasteiger partial charge in [0.2, 0.25) is 5.78 Å². The van der Waals surface area contributed by atoms with Crippen molar-refractivity contribution in [3.8, 4) is 17.2 Å². The Morgan fingerprint density at radius 1 is 1.19 bits per heavy atom. The Morgan fingerprint density at radius 3 is 2.56 bits per heavy atom. The minimum Gasteiger partial charge on any atom is -0.496 e. The summed E-state index contributed by atoms with van der Waals surface area (Å²) in [6, 6.07) is 5.35. The Balaban J connectivity index is 1.82. The minimum atomic E-state index is -0.199. The van der Waals surface area contributed by atoms with E-state index in [2.05, 4.69) is 11.9 Å². The maximum absolute atomic E-state index is 13.0. The Kier molecular flexibility index (Phi) is 4.66. The van der Waals surface area contributed by atoms with Crippen molar-refractivity contribution < 1.29 is 23.4 Å². The molecule has 142 valence electrons. The number of piperidine rings is 1. The Hall–Kier alpha value is -2.73. The third kappa shape index (κ3) is 3.10. The first-order chi connectivity index (χ1) is 13.1. The molecule has 0 atom stereocenters. The number of likely N-dealkylation sites (tertiary alicyclic amines) is 1. The molecule has 0 spiro atoms. The van der Waals surface area contributed by atoms with E-state index >= 15 is 0 Å². The van der Waals surface area contributed by atoms with Crippen LogP contribution in [-0.4, -0.2) is 45.0 Å². The van der Waals surface area contributed by atoms with Crippen LogP contribution in [-0.2, 0) is 0 Å². The molecule has 4 rings (SSSR count). The number of furan rings is 1. The Labute approximate surface area is 158 Å². The van der Waals surface area contributed by atoms with E-state index in [-0.39, 0.29) is 17.5 Å². The first-order valence-electron chi connectivity index (χ1n) is 9.07. The van der Waals surface area contributed by atoms with Gasteiger partial charge in [-0.3, -0.25) is 4.79 Å². The number of methoxy groups -OCH3 is 2. The van der Waals surface area contributed by atoms with E-state index in [1.807, 2.05) is 0 Å². The number of benzene rings is 1. The van der Waals surface area contributed by atoms with E-state index in [9.17, 15) is 4.79 Å². The highest BCUT2D eigenvalue weighted by Gasteiger charge is 2.38. The lowest BCUT2D eigenvalue weighted by atomic mass is 9.86. The second-order valence-corrected chi connectivity index (χ2v) is 6.93. The quantitative estimate of drug-likeness (QED) is 0.766. The first-order valence-corrected chi connectivity index (χ1v) is 9.07. The van der Waals surface area contributed by atoms with Crippen molar-refractivity contribution in [2.24, 2.45) is 0 Å². The van der Waals surface area contributed by atoms with Crippen LogP contribution in [0, 0.1) is 0 Å². The zero-order chi connectivity index (χ0) is 19.0. The van der Waals surface area contributed by atoms with Crippen LogP contribution in [0.15, 0.2) is 34.6 Å². The van der Waals surface area contributed by atoms with E-state index in [4.69, 9.17) is 18.6 Å². The highest BCUT2D eigenvalue weighted by molar-refractivity contribution is 6.16. The summed E-state index contributed by atoms with van der Waals surface area (Å²) in [5.74, 6) is 2.60. The summed E-state index contributed by atoms with van der Waals surface area (Å²) < 4.78 is 22.5. The second-order valence-electron chi connectivity index (χ2n) is 6.93. The highest BCUT2D eigenvalue weighted by atomic mass is 16.5. The summed E-state index contributed by atoms with van der Waals surface area (Å²) in [6.07, 6.45) is 5.15. The zero-order valence-corrected chi connectivity index (χ0v) is 15.8. The number of fused-ring (bicyclic) bond motifs is 1. The summed E-state index contributed by atoms with van der Waals surface area (Å²) in [4.78, 5) is 15.3. The number of rotatable bonds is 4. The number of Topliss-reactive ketones (excluding diaryl/α,β-unsaturated/α-hetero) is 1. The Morgan fingerprint density at radius 2 is 1.93 bits per heavy atom. The number of ketones is 1. The summed E-state index contributed by atoms with van der Waals surface area (Å²) in [7, 11) is 5.30. The van der Waals surface area contributed by atoms with Crippen LogP contribution in [0.5, 0.6) is 17.2 Å². The molecule has 0 amide bonds. The summed E-state index contributed by atoms with van der Waals surface area (Å²) in [6.45, 7) is 2.00. The predicted molar refractivity (Wildman–Crippen MR) is 101 cm³/mol. The van der Waals surface area contributed by atoms with E-state index in [0.29, 0.717) is 28.6 Å². The lowest BCUT2D eigenvalue weighted by molar-refractivity contribution is 0.101. The van der Waals surface area contributed by atoms with Crippen LogP contribution in [0.2, 0.25) is 0 Å². The van der Waals surface area contributed by atoms with Gasteiger partial charge in [-0.25, -0.2) is 0 Å². The molecular formula is C21H23NO5. The van der Waals surface area contributed by atoms with Crippen molar-refractivity contribution >= 4 is 11.9 Å². The lowest BCUT2D eigenvalue weighted by Crippen LogP contribution is -2.29. The number of carbonyl (C=O) groups is 1. The molecule has 1 saturated heterocycles. The highest BCUT2D eigenvalue weighted by Crippen LogP contribution is 2.50. The van der Waals surface area contributed by atoms with Gasteiger partial charge in [0, 0.05) is 17.7 Å². The number of hydrogen-bond acceptors (Lipinski definition) is 6. The molecule has 0 N–H and O–H groups in total. The van der Waals surface area contributed by atoms with Gasteiger partial charge in [0.15, 0.2) is 5.76 Å². The lowest BCUT2D eigenvalue weighted by Gasteiger charge is -2.30. The van der Waals surface area contributed by atoms with E-state index in [0.717, 1.165) is 31.5 Å². The molecule has 2 aliphatic rings. The topological polar surface area (TPSA) is 61.1 Å². The third-order valence-electron chi connectivity index (χ3n) is 5.29. The van der Waals surface area contributed by atoms with Gasteiger partial charge in [-0.1, -0.05) is 0 Å². The predicted octanol–water partition coefficient (Wildman–Crippen LogP) is 3.72. The van der Waals surface area contributed by atoms with Crippen molar-refractivity contribution in [3.05, 3.63) is 47.1 Å². The van der Waals surface area contributed by atoms with Crippen molar-refractivity contribution in [2.45, 2.75) is 18.8 Å². The van der Waals surface area contributed by atoms with E-state index in [1.165, 1.54) is 0 Å². The molecule has 2 aliphatic heterocycles. The summed E-state index contributed by atoms with van der Waals surface area (Å²) in [5, 5.41) is 0. The smallest absolute Gasteiger partial charge is 0.235 e. The maximum Gasteiger partial charge on any atom is 0.235 e. The molecule has 1 aromatic carbocycles. The molecule has 0 radical (unpaired) electrons. The molecule has 6 heteroatoms. The van der Waals surface area contributed by atoms with Gasteiger partial charge in [0.05, 0.1) is 20.5 Å². The largest absolute Gasteiger partial charge is 0.496 e. The van der Waals surface area contributed by atoms with Gasteiger partial charge in [-0.05, 0) is 51.0 Å². The molecule has 3 heterocycles. The number of hydrogen-bond donors (Lipinski definition) is 0. The average Bonchev–Trinajstić information content (AvgIpc) is 3.30. The first kappa shape index (κ1) is 17.7. The molecule has 1 fully saturated rings. The van der Waals surface area contributed by atoms with Gasteiger partial charge in [0.1, 0.15) is 28.6 Å². The standard InChI is InChI=1S/C21H23NO5/c1-22-8-6-13(7-9-22)18-15(24-2)12-16(25-3)19-20(23)17(27-21(18)19)11-14-5-4-10-26-14/h4-5,10-13H,6-9H2,1-3H3/b17-11-. The van der Waals surface area contributed by atoms with Gasteiger partial charge in [-0.2, -0.15) is 0 Å².